The highest BCUT2D eigenvalue weighted by Gasteiger charge is 2.25. The van der Waals surface area contributed by atoms with Crippen LogP contribution in [0.4, 0.5) is 10.1 Å². The maximum atomic E-state index is 14.2. The van der Waals surface area contributed by atoms with Crippen molar-refractivity contribution in [3.8, 4) is 6.07 Å². The van der Waals surface area contributed by atoms with Gasteiger partial charge in [0.1, 0.15) is 5.82 Å². The van der Waals surface area contributed by atoms with Gasteiger partial charge in [0.2, 0.25) is 5.91 Å². The molecule has 1 aromatic rings. The molecule has 1 atom stereocenters. The molecule has 5 heteroatoms. The number of benzene rings is 1. The van der Waals surface area contributed by atoms with Gasteiger partial charge in [-0.15, -0.1) is 0 Å². The standard InChI is InChI=1S/C18H24FN3O/c1-18(2,3)17(23)21-11-14-5-4-8-22(12-14)16-7-6-13(10-20)9-15(16)19/h6-7,9,14H,4-5,8,11-12H2,1-3H3,(H,21,23). The van der Waals surface area contributed by atoms with E-state index in [1.807, 2.05) is 31.7 Å². The fourth-order valence-corrected chi connectivity index (χ4v) is 2.79. The Kier molecular flexibility index (Phi) is 5.25. The zero-order chi connectivity index (χ0) is 17.0. The summed E-state index contributed by atoms with van der Waals surface area (Å²) in [6, 6.07) is 6.54. The number of hydrogen-bond acceptors (Lipinski definition) is 3. The molecule has 1 fully saturated rings. The van der Waals surface area contributed by atoms with E-state index in [0.717, 1.165) is 19.4 Å². The number of carbonyl (C=O) groups is 1. The second-order valence-electron chi connectivity index (χ2n) is 7.19. The molecule has 1 amide bonds. The van der Waals surface area contributed by atoms with E-state index in [1.165, 1.54) is 6.07 Å². The molecule has 0 spiro atoms. The van der Waals surface area contributed by atoms with Crippen LogP contribution in [-0.2, 0) is 4.79 Å². The van der Waals surface area contributed by atoms with E-state index in [1.54, 1.807) is 12.1 Å². The largest absolute Gasteiger partial charge is 0.369 e. The number of hydrogen-bond donors (Lipinski definition) is 1. The van der Waals surface area contributed by atoms with Crippen molar-refractivity contribution in [3.05, 3.63) is 29.6 Å². The van der Waals surface area contributed by atoms with Gasteiger partial charge in [-0.1, -0.05) is 20.8 Å². The number of nitrogens with one attached hydrogen (secondary N) is 1. The molecule has 4 nitrogen and oxygen atoms in total. The SMILES string of the molecule is CC(C)(C)C(=O)NCC1CCCN(c2ccc(C#N)cc2F)C1. The summed E-state index contributed by atoms with van der Waals surface area (Å²) in [5.74, 6) is -0.00676. The summed E-state index contributed by atoms with van der Waals surface area (Å²) in [7, 11) is 0. The van der Waals surface area contributed by atoms with Gasteiger partial charge in [-0.3, -0.25) is 4.79 Å². The van der Waals surface area contributed by atoms with E-state index >= 15 is 0 Å². The first kappa shape index (κ1) is 17.3. The van der Waals surface area contributed by atoms with Crippen molar-refractivity contribution in [2.24, 2.45) is 11.3 Å². The Labute approximate surface area is 137 Å². The van der Waals surface area contributed by atoms with Crippen LogP contribution in [0.15, 0.2) is 18.2 Å². The predicted molar refractivity (Wildman–Crippen MR) is 88.5 cm³/mol. The van der Waals surface area contributed by atoms with Gasteiger partial charge in [0, 0.05) is 25.0 Å². The Bertz CT molecular complexity index is 616. The molecule has 1 unspecified atom stereocenters. The van der Waals surface area contributed by atoms with Gasteiger partial charge in [-0.2, -0.15) is 5.26 Å². The van der Waals surface area contributed by atoms with Crippen LogP contribution < -0.4 is 10.2 Å². The summed E-state index contributed by atoms with van der Waals surface area (Å²) >= 11 is 0. The first-order valence-electron chi connectivity index (χ1n) is 8.04. The van der Waals surface area contributed by atoms with Crippen LogP contribution in [0.25, 0.3) is 0 Å². The van der Waals surface area contributed by atoms with Crippen LogP contribution in [-0.4, -0.2) is 25.5 Å². The lowest BCUT2D eigenvalue weighted by molar-refractivity contribution is -0.128. The predicted octanol–water partition coefficient (Wildman–Crippen LogP) is 3.08. The minimum absolute atomic E-state index is 0.0409. The lowest BCUT2D eigenvalue weighted by Gasteiger charge is -2.35. The lowest BCUT2D eigenvalue weighted by Crippen LogP contribution is -2.43. The Morgan fingerprint density at radius 2 is 2.22 bits per heavy atom. The van der Waals surface area contributed by atoms with Crippen LogP contribution in [0, 0.1) is 28.5 Å². The van der Waals surface area contributed by atoms with E-state index in [-0.39, 0.29) is 11.7 Å². The lowest BCUT2D eigenvalue weighted by atomic mass is 9.94. The number of nitrogens with zero attached hydrogens (tertiary/aromatic N) is 2. The summed E-state index contributed by atoms with van der Waals surface area (Å²) in [5.41, 5.74) is 0.473. The molecule has 1 aliphatic heterocycles. The number of rotatable bonds is 3. The van der Waals surface area contributed by atoms with Gasteiger partial charge in [0.15, 0.2) is 0 Å². The summed E-state index contributed by atoms with van der Waals surface area (Å²) in [6.07, 6.45) is 1.99. The highest BCUT2D eigenvalue weighted by atomic mass is 19.1. The Morgan fingerprint density at radius 3 is 2.83 bits per heavy atom. The zero-order valence-electron chi connectivity index (χ0n) is 14.0. The average molecular weight is 317 g/mol. The zero-order valence-corrected chi connectivity index (χ0v) is 14.0. The maximum Gasteiger partial charge on any atom is 0.225 e. The minimum atomic E-state index is -0.395. The molecule has 0 bridgehead atoms. The van der Waals surface area contributed by atoms with Crippen molar-refractivity contribution in [3.63, 3.8) is 0 Å². The summed E-state index contributed by atoms with van der Waals surface area (Å²) in [4.78, 5) is 14.0. The van der Waals surface area contributed by atoms with E-state index in [9.17, 15) is 9.18 Å². The fourth-order valence-electron chi connectivity index (χ4n) is 2.79. The molecular formula is C18H24FN3O. The average Bonchev–Trinajstić information content (AvgIpc) is 2.51. The fraction of sp³-hybridized carbons (Fsp3) is 0.556. The van der Waals surface area contributed by atoms with Gasteiger partial charge in [0.05, 0.1) is 17.3 Å². The third-order valence-corrected chi connectivity index (χ3v) is 4.17. The molecular weight excluding hydrogens is 293 g/mol. The van der Waals surface area contributed by atoms with Gasteiger partial charge >= 0.3 is 0 Å². The smallest absolute Gasteiger partial charge is 0.225 e. The van der Waals surface area contributed by atoms with Crippen LogP contribution in [0.1, 0.15) is 39.2 Å². The molecule has 0 saturated carbocycles. The minimum Gasteiger partial charge on any atom is -0.369 e. The molecule has 0 aliphatic carbocycles. The molecule has 124 valence electrons. The number of carbonyl (C=O) groups excluding carboxylic acids is 1. The topological polar surface area (TPSA) is 56.1 Å². The summed E-state index contributed by atoms with van der Waals surface area (Å²) < 4.78 is 14.2. The number of amides is 1. The van der Waals surface area contributed by atoms with E-state index in [0.29, 0.717) is 30.3 Å². The molecule has 1 aliphatic rings. The highest BCUT2D eigenvalue weighted by Crippen LogP contribution is 2.26. The second-order valence-corrected chi connectivity index (χ2v) is 7.19. The maximum absolute atomic E-state index is 14.2. The normalized spacial score (nSPS) is 18.4. The molecule has 23 heavy (non-hydrogen) atoms. The quantitative estimate of drug-likeness (QED) is 0.932. The van der Waals surface area contributed by atoms with Gasteiger partial charge in [-0.25, -0.2) is 4.39 Å². The molecule has 1 N–H and O–H groups in total. The van der Waals surface area contributed by atoms with Crippen molar-refractivity contribution < 1.29 is 9.18 Å². The summed E-state index contributed by atoms with van der Waals surface area (Å²) in [6.45, 7) is 7.80. The number of halogens is 1. The molecule has 0 radical (unpaired) electrons. The first-order chi connectivity index (χ1) is 10.8. The highest BCUT2D eigenvalue weighted by molar-refractivity contribution is 5.81. The van der Waals surface area contributed by atoms with Crippen LogP contribution in [0.3, 0.4) is 0 Å². The second kappa shape index (κ2) is 6.99. The van der Waals surface area contributed by atoms with Crippen LogP contribution in [0.2, 0.25) is 0 Å². The van der Waals surface area contributed by atoms with E-state index in [2.05, 4.69) is 5.32 Å². The number of nitriles is 1. The number of piperidine rings is 1. The van der Waals surface area contributed by atoms with Crippen molar-refractivity contribution in [2.45, 2.75) is 33.6 Å². The Hall–Kier alpha value is -2.09. The summed E-state index contributed by atoms with van der Waals surface area (Å²) in [5, 5.41) is 11.8. The Balaban J connectivity index is 1.99. The third kappa shape index (κ3) is 4.44. The van der Waals surface area contributed by atoms with Gasteiger partial charge in [-0.05, 0) is 37.0 Å². The van der Waals surface area contributed by atoms with Crippen molar-refractivity contribution >= 4 is 11.6 Å². The van der Waals surface area contributed by atoms with E-state index < -0.39 is 5.41 Å². The van der Waals surface area contributed by atoms with E-state index in [4.69, 9.17) is 5.26 Å². The monoisotopic (exact) mass is 317 g/mol. The first-order valence-corrected chi connectivity index (χ1v) is 8.04. The molecule has 1 heterocycles. The number of anilines is 1. The molecule has 0 aromatic heterocycles. The van der Waals surface area contributed by atoms with Gasteiger partial charge < -0.3 is 10.2 Å². The molecule has 1 saturated heterocycles. The van der Waals surface area contributed by atoms with Crippen molar-refractivity contribution in [1.82, 2.24) is 5.32 Å². The van der Waals surface area contributed by atoms with Crippen molar-refractivity contribution in [2.75, 3.05) is 24.5 Å². The molecule has 1 aromatic carbocycles. The van der Waals surface area contributed by atoms with Crippen molar-refractivity contribution in [1.29, 1.82) is 5.26 Å². The molecule has 2 rings (SSSR count). The van der Waals surface area contributed by atoms with Crippen LogP contribution >= 0.6 is 0 Å². The Morgan fingerprint density at radius 1 is 1.48 bits per heavy atom. The van der Waals surface area contributed by atoms with Gasteiger partial charge in [0.25, 0.3) is 0 Å². The third-order valence-electron chi connectivity index (χ3n) is 4.17. The van der Waals surface area contributed by atoms with Crippen LogP contribution in [0.5, 0.6) is 0 Å².